The Balaban J connectivity index is 1.82. The van der Waals surface area contributed by atoms with E-state index >= 15 is 0 Å². The van der Waals surface area contributed by atoms with Gasteiger partial charge in [-0.25, -0.2) is 0 Å². The molecule has 2 N–H and O–H groups in total. The van der Waals surface area contributed by atoms with Gasteiger partial charge in [-0.3, -0.25) is 0 Å². The highest BCUT2D eigenvalue weighted by Gasteiger charge is 2.32. The largest absolute Gasteiger partial charge is 0.316 e. The minimum absolute atomic E-state index is 0.801. The zero-order valence-corrected chi connectivity index (χ0v) is 9.55. The van der Waals surface area contributed by atoms with Crippen LogP contribution in [0.5, 0.6) is 0 Å². The minimum Gasteiger partial charge on any atom is -0.316 e. The van der Waals surface area contributed by atoms with Gasteiger partial charge in [-0.2, -0.15) is 0 Å². The first-order valence-corrected chi connectivity index (χ1v) is 6.21. The zero-order valence-electron chi connectivity index (χ0n) is 9.55. The summed E-state index contributed by atoms with van der Waals surface area (Å²) in [5, 5.41) is 7.23. The van der Waals surface area contributed by atoms with Crippen molar-refractivity contribution >= 4 is 0 Å². The molecule has 0 aliphatic carbocycles. The number of piperidine rings is 1. The predicted octanol–water partition coefficient (Wildman–Crippen LogP) is 1.62. The number of rotatable bonds is 2. The molecule has 3 unspecified atom stereocenters. The molecule has 3 atom stereocenters. The summed E-state index contributed by atoms with van der Waals surface area (Å²) in [6.07, 6.45) is 4.20. The van der Waals surface area contributed by atoms with Crippen LogP contribution in [0.25, 0.3) is 0 Å². The molecule has 0 saturated carbocycles. The first-order valence-electron chi connectivity index (χ1n) is 6.21. The third-order valence-electron chi connectivity index (χ3n) is 4.05. The van der Waals surface area contributed by atoms with Gasteiger partial charge in [0.05, 0.1) is 0 Å². The Morgan fingerprint density at radius 2 is 2.07 bits per heavy atom. The molecule has 2 heteroatoms. The monoisotopic (exact) mass is 196 g/mol. The quantitative estimate of drug-likeness (QED) is 0.701. The molecular weight excluding hydrogens is 172 g/mol. The average Bonchev–Trinajstić information content (AvgIpc) is 2.68. The van der Waals surface area contributed by atoms with Crippen LogP contribution in [-0.4, -0.2) is 25.7 Å². The fourth-order valence-electron chi connectivity index (χ4n) is 2.88. The van der Waals surface area contributed by atoms with Crippen LogP contribution in [0.1, 0.15) is 33.1 Å². The lowest BCUT2D eigenvalue weighted by Gasteiger charge is -2.28. The molecular formula is C12H24N2. The van der Waals surface area contributed by atoms with Gasteiger partial charge in [0.25, 0.3) is 0 Å². The van der Waals surface area contributed by atoms with Gasteiger partial charge in [0.2, 0.25) is 0 Å². The van der Waals surface area contributed by atoms with Gasteiger partial charge in [0.1, 0.15) is 0 Å². The molecule has 2 aliphatic heterocycles. The molecule has 14 heavy (non-hydrogen) atoms. The fraction of sp³-hybridized carbons (Fsp3) is 1.00. The lowest BCUT2D eigenvalue weighted by atomic mass is 9.86. The fourth-order valence-corrected chi connectivity index (χ4v) is 2.88. The Labute approximate surface area is 87.8 Å². The second-order valence-corrected chi connectivity index (χ2v) is 5.36. The highest BCUT2D eigenvalue weighted by molar-refractivity contribution is 4.89. The summed E-state index contributed by atoms with van der Waals surface area (Å²) < 4.78 is 0. The Hall–Kier alpha value is -0.0800. The molecule has 0 aromatic carbocycles. The summed E-state index contributed by atoms with van der Waals surface area (Å²) in [4.78, 5) is 0. The van der Waals surface area contributed by atoms with Crippen LogP contribution in [0.2, 0.25) is 0 Å². The highest BCUT2D eigenvalue weighted by Crippen LogP contribution is 2.28. The lowest BCUT2D eigenvalue weighted by molar-refractivity contribution is 0.294. The van der Waals surface area contributed by atoms with E-state index in [1.165, 1.54) is 38.9 Å². The highest BCUT2D eigenvalue weighted by atomic mass is 15.0. The first-order chi connectivity index (χ1) is 6.77. The van der Waals surface area contributed by atoms with Crippen molar-refractivity contribution in [3.8, 4) is 0 Å². The summed E-state index contributed by atoms with van der Waals surface area (Å²) in [7, 11) is 0. The third-order valence-corrected chi connectivity index (χ3v) is 4.05. The van der Waals surface area contributed by atoms with Crippen LogP contribution < -0.4 is 10.6 Å². The van der Waals surface area contributed by atoms with Crippen LogP contribution in [0.4, 0.5) is 0 Å². The van der Waals surface area contributed by atoms with E-state index in [1.54, 1.807) is 0 Å². The number of nitrogens with one attached hydrogen (secondary N) is 2. The van der Waals surface area contributed by atoms with Gasteiger partial charge in [0.15, 0.2) is 0 Å². The summed E-state index contributed by atoms with van der Waals surface area (Å²) in [6, 6.07) is 0.801. The van der Waals surface area contributed by atoms with E-state index in [4.69, 9.17) is 0 Å². The lowest BCUT2D eigenvalue weighted by Crippen LogP contribution is -2.40. The Bertz CT molecular complexity index is 173. The molecule has 82 valence electrons. The third kappa shape index (κ3) is 2.29. The molecule has 2 nitrogen and oxygen atoms in total. The molecule has 2 heterocycles. The Kier molecular flexibility index (Phi) is 3.45. The Morgan fingerprint density at radius 3 is 2.64 bits per heavy atom. The minimum atomic E-state index is 0.801. The van der Waals surface area contributed by atoms with E-state index in [1.807, 2.05) is 0 Å². The van der Waals surface area contributed by atoms with Crippen LogP contribution in [-0.2, 0) is 0 Å². The standard InChI is InChI=1S/C12H24N2/c1-9(2)11-6-12(14-8-11)10-4-3-5-13-7-10/h9-14H,3-8H2,1-2H3. The molecule has 0 spiro atoms. The smallest absolute Gasteiger partial charge is 0.0111 e. The van der Waals surface area contributed by atoms with E-state index in [2.05, 4.69) is 24.5 Å². The van der Waals surface area contributed by atoms with Crippen molar-refractivity contribution in [2.24, 2.45) is 17.8 Å². The maximum absolute atomic E-state index is 3.72. The summed E-state index contributed by atoms with van der Waals surface area (Å²) in [6.45, 7) is 8.43. The topological polar surface area (TPSA) is 24.1 Å². The predicted molar refractivity (Wildman–Crippen MR) is 60.3 cm³/mol. The molecule has 0 radical (unpaired) electrons. The van der Waals surface area contributed by atoms with Crippen LogP contribution in [0.3, 0.4) is 0 Å². The number of hydrogen-bond donors (Lipinski definition) is 2. The van der Waals surface area contributed by atoms with Crippen LogP contribution >= 0.6 is 0 Å². The molecule has 0 aromatic rings. The maximum atomic E-state index is 3.72. The second-order valence-electron chi connectivity index (χ2n) is 5.36. The SMILES string of the molecule is CC(C)C1CNC(C2CCCNC2)C1. The van der Waals surface area contributed by atoms with Crippen molar-refractivity contribution in [2.75, 3.05) is 19.6 Å². The van der Waals surface area contributed by atoms with Crippen molar-refractivity contribution in [1.82, 2.24) is 10.6 Å². The van der Waals surface area contributed by atoms with Crippen LogP contribution in [0.15, 0.2) is 0 Å². The normalized spacial score (nSPS) is 39.2. The van der Waals surface area contributed by atoms with E-state index < -0.39 is 0 Å². The molecule has 2 rings (SSSR count). The summed E-state index contributed by atoms with van der Waals surface area (Å²) in [5.41, 5.74) is 0. The van der Waals surface area contributed by atoms with Crippen molar-refractivity contribution in [2.45, 2.75) is 39.2 Å². The zero-order chi connectivity index (χ0) is 9.97. The van der Waals surface area contributed by atoms with Gasteiger partial charge >= 0.3 is 0 Å². The van der Waals surface area contributed by atoms with Crippen LogP contribution in [0, 0.1) is 17.8 Å². The molecule has 2 fully saturated rings. The van der Waals surface area contributed by atoms with Crippen molar-refractivity contribution in [3.05, 3.63) is 0 Å². The summed E-state index contributed by atoms with van der Waals surface area (Å²) >= 11 is 0. The van der Waals surface area contributed by atoms with E-state index in [0.717, 1.165) is 23.8 Å². The van der Waals surface area contributed by atoms with Gasteiger partial charge in [-0.1, -0.05) is 13.8 Å². The number of hydrogen-bond acceptors (Lipinski definition) is 2. The van der Waals surface area contributed by atoms with Crippen molar-refractivity contribution < 1.29 is 0 Å². The molecule has 2 aliphatic rings. The van der Waals surface area contributed by atoms with E-state index in [-0.39, 0.29) is 0 Å². The maximum Gasteiger partial charge on any atom is 0.0111 e. The summed E-state index contributed by atoms with van der Waals surface area (Å²) in [5.74, 6) is 2.67. The van der Waals surface area contributed by atoms with E-state index in [9.17, 15) is 0 Å². The molecule has 0 aromatic heterocycles. The van der Waals surface area contributed by atoms with Gasteiger partial charge in [-0.15, -0.1) is 0 Å². The Morgan fingerprint density at radius 1 is 1.21 bits per heavy atom. The first kappa shape index (κ1) is 10.4. The average molecular weight is 196 g/mol. The van der Waals surface area contributed by atoms with Crippen molar-refractivity contribution in [1.29, 1.82) is 0 Å². The van der Waals surface area contributed by atoms with E-state index in [0.29, 0.717) is 0 Å². The van der Waals surface area contributed by atoms with Gasteiger partial charge in [-0.05, 0) is 56.7 Å². The molecule has 2 saturated heterocycles. The van der Waals surface area contributed by atoms with Gasteiger partial charge in [0, 0.05) is 6.04 Å². The second kappa shape index (κ2) is 4.63. The van der Waals surface area contributed by atoms with Crippen molar-refractivity contribution in [3.63, 3.8) is 0 Å². The molecule has 0 amide bonds. The molecule has 0 bridgehead atoms. The van der Waals surface area contributed by atoms with Gasteiger partial charge < -0.3 is 10.6 Å².